The van der Waals surface area contributed by atoms with E-state index in [0.717, 1.165) is 0 Å². The highest BCUT2D eigenvalue weighted by Crippen LogP contribution is 1.61. The number of carbonyl (C=O) groups excluding carboxylic acids is 4. The van der Waals surface area contributed by atoms with E-state index < -0.39 is 37.5 Å². The Hall–Kier alpha value is -2.00. The van der Waals surface area contributed by atoms with Gasteiger partial charge in [0.25, 0.3) is 0 Å². The van der Waals surface area contributed by atoms with Crippen molar-refractivity contribution in [2.75, 3.05) is 39.3 Å². The molecule has 0 heterocycles. The summed E-state index contributed by atoms with van der Waals surface area (Å²) in [5.41, 5.74) is 0. The zero-order chi connectivity index (χ0) is 15.7. The summed E-state index contributed by atoms with van der Waals surface area (Å²) >= 11 is 0. The zero-order valence-corrected chi connectivity index (χ0v) is 11.1. The van der Waals surface area contributed by atoms with E-state index >= 15 is 0 Å². The molecule has 0 fully saturated rings. The normalized spacial score (nSPS) is 12.1. The minimum absolute atomic E-state index is 0.0534. The topological polar surface area (TPSA) is 146 Å². The third-order valence-electron chi connectivity index (χ3n) is 2.51. The van der Waals surface area contributed by atoms with Gasteiger partial charge in [0.15, 0.2) is 5.78 Å². The Morgan fingerprint density at radius 2 is 1.00 bits per heavy atom. The molecule has 0 bridgehead atoms. The first kappa shape index (κ1) is 18.0. The van der Waals surface area contributed by atoms with Crippen molar-refractivity contribution < 1.29 is 44.3 Å². The average Bonchev–Trinajstić information content (AvgIpc) is 2.22. The molecule has 20 heavy (non-hydrogen) atoms. The minimum Gasteiger partial charge on any atom is -0.544 e. The van der Waals surface area contributed by atoms with E-state index in [1.807, 2.05) is 0 Å². The van der Waals surface area contributed by atoms with Gasteiger partial charge in [-0.2, -0.15) is 0 Å². The van der Waals surface area contributed by atoms with Gasteiger partial charge in [-0.25, -0.2) is 0 Å². The van der Waals surface area contributed by atoms with E-state index in [1.54, 1.807) is 0 Å². The van der Waals surface area contributed by atoms with Crippen LogP contribution in [0.5, 0.6) is 0 Å². The Balaban J connectivity index is 4.49. The molecule has 0 spiro atoms. The fraction of sp³-hybridized carbons (Fsp3) is 0.636. The summed E-state index contributed by atoms with van der Waals surface area (Å²) in [7, 11) is 0. The van der Waals surface area contributed by atoms with E-state index in [4.69, 9.17) is 0 Å². The minimum atomic E-state index is -1.42. The number of nitrogens with one attached hydrogen (secondary N) is 2. The van der Waals surface area contributed by atoms with Gasteiger partial charge in [0.2, 0.25) is 0 Å². The zero-order valence-electron chi connectivity index (χ0n) is 11.1. The molecule has 0 radical (unpaired) electrons. The highest BCUT2D eigenvalue weighted by atomic mass is 16.4. The van der Waals surface area contributed by atoms with E-state index in [2.05, 4.69) is 0 Å². The molecular weight excluding hydrogens is 272 g/mol. The molecule has 9 heteroatoms. The van der Waals surface area contributed by atoms with Crippen molar-refractivity contribution in [3.63, 3.8) is 0 Å². The van der Waals surface area contributed by atoms with Gasteiger partial charge in [0.1, 0.15) is 39.3 Å². The van der Waals surface area contributed by atoms with E-state index in [0.29, 0.717) is 4.90 Å². The average molecular weight is 289 g/mol. The van der Waals surface area contributed by atoms with Gasteiger partial charge in [-0.05, 0) is 0 Å². The van der Waals surface area contributed by atoms with Gasteiger partial charge in [-0.3, -0.25) is 4.79 Å². The number of hydrogen-bond donors (Lipinski definition) is 2. The summed E-state index contributed by atoms with van der Waals surface area (Å²) in [5.74, 6) is -4.42. The standard InChI is InChI=1S/C11H18N2O7/c1-8(14)4-12(5-9(15)16)2-3-13(6-10(17)18)7-11(19)20/h2-7H2,1H3,(H,15,16)(H,17,18)(H,19,20)/p-1. The number of hydrogen-bond acceptors (Lipinski definition) is 7. The lowest BCUT2D eigenvalue weighted by Crippen LogP contribution is -3.22. The van der Waals surface area contributed by atoms with Crippen LogP contribution in [0.3, 0.4) is 0 Å². The van der Waals surface area contributed by atoms with E-state index in [-0.39, 0.29) is 30.3 Å². The lowest BCUT2D eigenvalue weighted by molar-refractivity contribution is -0.945. The number of carboxylic acid groups (broad SMARTS) is 3. The second-order valence-corrected chi connectivity index (χ2v) is 4.53. The van der Waals surface area contributed by atoms with Crippen LogP contribution in [-0.4, -0.2) is 63.0 Å². The molecule has 9 nitrogen and oxygen atoms in total. The van der Waals surface area contributed by atoms with Crippen LogP contribution in [0.2, 0.25) is 0 Å². The number of aliphatic carboxylic acids is 3. The molecule has 0 saturated carbocycles. The number of ketones is 1. The van der Waals surface area contributed by atoms with Gasteiger partial charge < -0.3 is 39.5 Å². The molecule has 1 unspecified atom stereocenters. The molecule has 0 saturated heterocycles. The van der Waals surface area contributed by atoms with Gasteiger partial charge >= 0.3 is 0 Å². The van der Waals surface area contributed by atoms with Crippen LogP contribution >= 0.6 is 0 Å². The highest BCUT2D eigenvalue weighted by Gasteiger charge is 2.16. The highest BCUT2D eigenvalue weighted by molar-refractivity contribution is 5.76. The quantitative estimate of drug-likeness (QED) is 0.384. The first-order chi connectivity index (χ1) is 9.20. The Morgan fingerprint density at radius 1 is 0.700 bits per heavy atom. The van der Waals surface area contributed by atoms with Crippen molar-refractivity contribution in [2.45, 2.75) is 6.92 Å². The van der Waals surface area contributed by atoms with Crippen LogP contribution in [0.15, 0.2) is 0 Å². The number of rotatable bonds is 11. The summed E-state index contributed by atoms with van der Waals surface area (Å²) in [6.07, 6.45) is 0. The molecule has 0 aliphatic rings. The fourth-order valence-corrected chi connectivity index (χ4v) is 1.80. The molecule has 0 aromatic carbocycles. The summed E-state index contributed by atoms with van der Waals surface area (Å²) < 4.78 is 0. The molecule has 0 aliphatic heterocycles. The third kappa shape index (κ3) is 9.97. The second kappa shape index (κ2) is 8.99. The molecule has 0 aromatic heterocycles. The van der Waals surface area contributed by atoms with Crippen molar-refractivity contribution >= 4 is 23.7 Å². The van der Waals surface area contributed by atoms with Gasteiger partial charge in [-0.15, -0.1) is 0 Å². The summed E-state index contributed by atoms with van der Waals surface area (Å²) in [6.45, 7) is -0.0791. The van der Waals surface area contributed by atoms with Crippen molar-refractivity contribution in [2.24, 2.45) is 0 Å². The van der Waals surface area contributed by atoms with Crippen molar-refractivity contribution in [1.29, 1.82) is 0 Å². The SMILES string of the molecule is CC(=O)C[NH+](CC[NH+](CC(=O)[O-])CC(=O)[O-])CC(=O)[O-]. The van der Waals surface area contributed by atoms with Gasteiger partial charge in [-0.1, -0.05) is 0 Å². The maximum absolute atomic E-state index is 11.0. The Bertz CT molecular complexity index is 315. The summed E-state index contributed by atoms with van der Waals surface area (Å²) in [6, 6.07) is 0. The fourth-order valence-electron chi connectivity index (χ4n) is 1.80. The first-order valence-corrected chi connectivity index (χ1v) is 5.96. The lowest BCUT2D eigenvalue weighted by atomic mass is 10.3. The smallest absolute Gasteiger partial charge is 0.183 e. The predicted octanol–water partition coefficient (Wildman–Crippen LogP) is -8.41. The Kier molecular flexibility index (Phi) is 8.09. The second-order valence-electron chi connectivity index (χ2n) is 4.53. The number of carbonyl (C=O) groups is 4. The van der Waals surface area contributed by atoms with Crippen LogP contribution in [0.1, 0.15) is 6.92 Å². The third-order valence-corrected chi connectivity index (χ3v) is 2.51. The monoisotopic (exact) mass is 289 g/mol. The molecular formula is C11H17N2O7-. The lowest BCUT2D eigenvalue weighted by Gasteiger charge is -2.24. The molecule has 0 aliphatic carbocycles. The summed E-state index contributed by atoms with van der Waals surface area (Å²) in [5, 5.41) is 31.5. The van der Waals surface area contributed by atoms with Gasteiger partial charge in [0.05, 0.1) is 17.9 Å². The molecule has 2 N–H and O–H groups in total. The number of quaternary nitrogens is 2. The molecule has 0 rings (SSSR count). The molecule has 0 amide bonds. The van der Waals surface area contributed by atoms with Gasteiger partial charge in [0, 0.05) is 6.92 Å². The maximum Gasteiger partial charge on any atom is 0.183 e. The molecule has 0 aromatic rings. The van der Waals surface area contributed by atoms with Crippen LogP contribution < -0.4 is 25.1 Å². The number of carboxylic acids is 3. The van der Waals surface area contributed by atoms with Crippen LogP contribution in [-0.2, 0) is 19.2 Å². The molecule has 1 atom stereocenters. The van der Waals surface area contributed by atoms with Crippen LogP contribution in [0.25, 0.3) is 0 Å². The van der Waals surface area contributed by atoms with E-state index in [1.165, 1.54) is 6.92 Å². The number of Topliss-reactive ketones (excluding diaryl/α,β-unsaturated/α-hetero) is 1. The van der Waals surface area contributed by atoms with Crippen molar-refractivity contribution in [3.8, 4) is 0 Å². The first-order valence-electron chi connectivity index (χ1n) is 5.96. The van der Waals surface area contributed by atoms with Crippen molar-refractivity contribution in [1.82, 2.24) is 0 Å². The largest absolute Gasteiger partial charge is 0.544 e. The molecule has 114 valence electrons. The summed E-state index contributed by atoms with van der Waals surface area (Å²) in [4.78, 5) is 43.0. The maximum atomic E-state index is 11.0. The predicted molar refractivity (Wildman–Crippen MR) is 56.8 cm³/mol. The van der Waals surface area contributed by atoms with Crippen LogP contribution in [0, 0.1) is 0 Å². The van der Waals surface area contributed by atoms with Crippen LogP contribution in [0.4, 0.5) is 0 Å². The Morgan fingerprint density at radius 3 is 1.25 bits per heavy atom. The Labute approximate surface area is 115 Å². The van der Waals surface area contributed by atoms with Crippen molar-refractivity contribution in [3.05, 3.63) is 0 Å². The van der Waals surface area contributed by atoms with E-state index in [9.17, 15) is 34.5 Å².